The zero-order valence-corrected chi connectivity index (χ0v) is 19.4. The molecule has 9 heteroatoms. The molecule has 0 saturated carbocycles. The molecule has 1 aromatic carbocycles. The van der Waals surface area contributed by atoms with E-state index in [1.165, 1.54) is 5.69 Å². The molecule has 0 spiro atoms. The predicted octanol–water partition coefficient (Wildman–Crippen LogP) is 3.60. The van der Waals surface area contributed by atoms with E-state index in [-0.39, 0.29) is 17.1 Å². The Morgan fingerprint density at radius 3 is 2.17 bits per heavy atom. The van der Waals surface area contributed by atoms with Crippen LogP contribution in [0.1, 0.15) is 25.0 Å². The quantitative estimate of drug-likeness (QED) is 0.212. The van der Waals surface area contributed by atoms with Gasteiger partial charge in [0.15, 0.2) is 0 Å². The third-order valence-corrected chi connectivity index (χ3v) is 4.32. The molecule has 2 N–H and O–H groups in total. The van der Waals surface area contributed by atoms with Gasteiger partial charge in [-0.05, 0) is 54.4 Å². The van der Waals surface area contributed by atoms with Crippen LogP contribution in [-0.2, 0) is 29.7 Å². The van der Waals surface area contributed by atoms with Crippen LogP contribution in [-0.4, -0.2) is 42.7 Å². The van der Waals surface area contributed by atoms with Gasteiger partial charge in [0.1, 0.15) is 5.82 Å². The SMILES string of the molecule is CN/C([S-])=N/N=C(C)/C(C)=N/Nc1ccc(/C=C/c2ccc(N(C)C)cc2)cn1.[Cu+]. The van der Waals surface area contributed by atoms with Gasteiger partial charge in [0.05, 0.1) is 11.4 Å². The van der Waals surface area contributed by atoms with Crippen molar-refractivity contribution in [3.8, 4) is 0 Å². The number of amidine groups is 1. The Balaban J connectivity index is 0.00000450. The number of benzene rings is 1. The van der Waals surface area contributed by atoms with Gasteiger partial charge in [-0.2, -0.15) is 15.3 Å². The van der Waals surface area contributed by atoms with Gasteiger partial charge in [-0.1, -0.05) is 24.3 Å². The summed E-state index contributed by atoms with van der Waals surface area (Å²) >= 11 is 4.92. The van der Waals surface area contributed by atoms with Gasteiger partial charge in [0.25, 0.3) is 0 Å². The van der Waals surface area contributed by atoms with Gasteiger partial charge in [-0.3, -0.25) is 5.43 Å². The smallest absolute Gasteiger partial charge is 0.741 e. The number of hydrogen-bond donors (Lipinski definition) is 2. The Morgan fingerprint density at radius 1 is 0.967 bits per heavy atom. The average Bonchev–Trinajstić information content (AvgIpc) is 2.74. The number of nitrogens with one attached hydrogen (secondary N) is 2. The molecule has 1 heterocycles. The minimum atomic E-state index is 0. The molecule has 162 valence electrons. The fraction of sp³-hybridized carbons (Fsp3) is 0.238. The molecule has 0 saturated heterocycles. The topological polar surface area (TPSA) is 77.3 Å². The van der Waals surface area contributed by atoms with E-state index in [9.17, 15) is 0 Å². The molecule has 0 bridgehead atoms. The second-order valence-corrected chi connectivity index (χ2v) is 6.83. The molecular formula is C21H26CuN7S. The minimum absolute atomic E-state index is 0. The van der Waals surface area contributed by atoms with E-state index in [2.05, 4.69) is 66.3 Å². The number of hydrazone groups is 1. The maximum absolute atomic E-state index is 4.92. The average molecular weight is 472 g/mol. The van der Waals surface area contributed by atoms with Crippen LogP contribution in [0.4, 0.5) is 11.5 Å². The molecule has 7 nitrogen and oxygen atoms in total. The summed E-state index contributed by atoms with van der Waals surface area (Å²) in [6.45, 7) is 3.65. The summed E-state index contributed by atoms with van der Waals surface area (Å²) in [5, 5.41) is 15.2. The molecule has 30 heavy (non-hydrogen) atoms. The Labute approximate surface area is 194 Å². The first kappa shape index (κ1) is 25.3. The van der Waals surface area contributed by atoms with Gasteiger partial charge in [-0.15, -0.1) is 0 Å². The monoisotopic (exact) mass is 471 g/mol. The summed E-state index contributed by atoms with van der Waals surface area (Å²) < 4.78 is 0. The van der Waals surface area contributed by atoms with Crippen LogP contribution in [0.2, 0.25) is 0 Å². The third kappa shape index (κ3) is 8.32. The van der Waals surface area contributed by atoms with Crippen LogP contribution in [0.5, 0.6) is 0 Å². The number of rotatable bonds is 7. The summed E-state index contributed by atoms with van der Waals surface area (Å²) in [7, 11) is 5.76. The van der Waals surface area contributed by atoms with E-state index >= 15 is 0 Å². The van der Waals surface area contributed by atoms with E-state index in [1.54, 1.807) is 13.2 Å². The maximum Gasteiger partial charge on any atom is 1.00 e. The van der Waals surface area contributed by atoms with Crippen molar-refractivity contribution >= 4 is 52.9 Å². The molecule has 0 amide bonds. The number of aromatic nitrogens is 1. The predicted molar refractivity (Wildman–Crippen MR) is 128 cm³/mol. The molecule has 2 rings (SSSR count). The molecule has 0 fully saturated rings. The zero-order valence-electron chi connectivity index (χ0n) is 17.6. The van der Waals surface area contributed by atoms with E-state index in [0.29, 0.717) is 22.4 Å². The first-order valence-corrected chi connectivity index (χ1v) is 9.49. The van der Waals surface area contributed by atoms with Gasteiger partial charge >= 0.3 is 17.1 Å². The van der Waals surface area contributed by atoms with Gasteiger partial charge in [0, 0.05) is 33.0 Å². The van der Waals surface area contributed by atoms with Crippen molar-refractivity contribution in [2.45, 2.75) is 13.8 Å². The second-order valence-electron chi connectivity index (χ2n) is 6.45. The van der Waals surface area contributed by atoms with Crippen LogP contribution in [0.15, 0.2) is 57.9 Å². The van der Waals surface area contributed by atoms with Crippen molar-refractivity contribution < 1.29 is 17.1 Å². The van der Waals surface area contributed by atoms with E-state index < -0.39 is 0 Å². The molecule has 2 aromatic rings. The zero-order chi connectivity index (χ0) is 21.2. The first-order chi connectivity index (χ1) is 13.9. The number of nitrogens with zero attached hydrogens (tertiary/aromatic N) is 5. The standard InChI is InChI=1S/C21H27N7S.Cu/c1-15(16(2)25-27-21(29)22-3)24-26-20-13-10-18(14-23-20)7-6-17-8-11-19(12-9-17)28(4)5;/h6-14H,1-5H3,(H,23,26)(H2,22,27,29);/q;+1/p-1/b7-6+,24-15+,25-16+;. The Kier molecular flexibility index (Phi) is 10.7. The van der Waals surface area contributed by atoms with Crippen molar-refractivity contribution in [3.63, 3.8) is 0 Å². The van der Waals surface area contributed by atoms with Gasteiger partial charge < -0.3 is 22.8 Å². The van der Waals surface area contributed by atoms with Gasteiger partial charge in [-0.25, -0.2) is 4.98 Å². The van der Waals surface area contributed by atoms with E-state index in [4.69, 9.17) is 12.6 Å². The molecule has 0 aliphatic carbocycles. The van der Waals surface area contributed by atoms with Crippen LogP contribution in [0.3, 0.4) is 0 Å². The van der Waals surface area contributed by atoms with E-state index in [0.717, 1.165) is 11.1 Å². The summed E-state index contributed by atoms with van der Waals surface area (Å²) in [5.74, 6) is 0.646. The molecule has 0 radical (unpaired) electrons. The van der Waals surface area contributed by atoms with Crippen LogP contribution < -0.4 is 15.6 Å². The largest absolute Gasteiger partial charge is 1.00 e. The van der Waals surface area contributed by atoms with Gasteiger partial charge in [0.2, 0.25) is 0 Å². The number of anilines is 2. The number of pyridine rings is 1. The van der Waals surface area contributed by atoms with Crippen molar-refractivity contribution in [3.05, 3.63) is 53.7 Å². The first-order valence-electron chi connectivity index (χ1n) is 9.08. The third-order valence-electron chi connectivity index (χ3n) is 4.03. The fourth-order valence-corrected chi connectivity index (χ4v) is 2.15. The Hall–Kier alpha value is -2.74. The molecule has 0 atom stereocenters. The minimum Gasteiger partial charge on any atom is -0.741 e. The van der Waals surface area contributed by atoms with Crippen LogP contribution in [0.25, 0.3) is 12.2 Å². The maximum atomic E-state index is 4.92. The van der Waals surface area contributed by atoms with E-state index in [1.807, 2.05) is 46.2 Å². The van der Waals surface area contributed by atoms with Crippen molar-refractivity contribution in [2.24, 2.45) is 15.3 Å². The van der Waals surface area contributed by atoms with Crippen molar-refractivity contribution in [2.75, 3.05) is 31.5 Å². The second kappa shape index (κ2) is 12.7. The molecule has 0 aliphatic heterocycles. The number of hydrogen-bond acceptors (Lipinski definition) is 7. The summed E-state index contributed by atoms with van der Waals surface area (Å²) in [6, 6.07) is 12.2. The Bertz CT molecular complexity index is 917. The summed E-state index contributed by atoms with van der Waals surface area (Å²) in [5.41, 5.74) is 7.59. The molecule has 1 aromatic heterocycles. The normalized spacial score (nSPS) is 12.5. The van der Waals surface area contributed by atoms with Crippen LogP contribution >= 0.6 is 0 Å². The fourth-order valence-electron chi connectivity index (χ4n) is 2.11. The van der Waals surface area contributed by atoms with Crippen molar-refractivity contribution in [1.82, 2.24) is 10.3 Å². The van der Waals surface area contributed by atoms with Crippen LogP contribution in [0, 0.1) is 0 Å². The summed E-state index contributed by atoms with van der Waals surface area (Å²) in [4.78, 5) is 6.45. The molecular weight excluding hydrogens is 446 g/mol. The van der Waals surface area contributed by atoms with Crippen molar-refractivity contribution in [1.29, 1.82) is 0 Å². The summed E-state index contributed by atoms with van der Waals surface area (Å²) in [6.07, 6.45) is 5.88. The molecule has 0 aliphatic rings. The molecule has 0 unspecified atom stereocenters. The Morgan fingerprint density at radius 2 is 1.60 bits per heavy atom.